The molecule has 0 bridgehead atoms. The van der Waals surface area contributed by atoms with Gasteiger partial charge in [0.1, 0.15) is 5.69 Å². The fourth-order valence-corrected chi connectivity index (χ4v) is 4.48. The van der Waals surface area contributed by atoms with Gasteiger partial charge in [-0.1, -0.05) is 22.9 Å². The van der Waals surface area contributed by atoms with E-state index in [2.05, 4.69) is 25.5 Å². The SMILES string of the molecule is COCC[C@@H](c1ccc(-c2c(-[n+]3cc(Cl)n[nH]3)ccc(Cl)c2F)cn1)n1cc(-c2c(F)cnn2C(F)F)cn1. The quantitative estimate of drug-likeness (QED) is 0.185. The van der Waals surface area contributed by atoms with Crippen molar-refractivity contribution in [1.29, 1.82) is 0 Å². The number of ether oxygens (including phenoxy) is 1. The van der Waals surface area contributed by atoms with E-state index in [1.807, 2.05) is 0 Å². The molecule has 5 rings (SSSR count). The van der Waals surface area contributed by atoms with Gasteiger partial charge in [0.15, 0.2) is 23.5 Å². The summed E-state index contributed by atoms with van der Waals surface area (Å²) in [6.07, 6.45) is 6.78. The molecule has 0 fully saturated rings. The third-order valence-electron chi connectivity index (χ3n) is 5.97. The summed E-state index contributed by atoms with van der Waals surface area (Å²) >= 11 is 12.0. The van der Waals surface area contributed by atoms with Crippen molar-refractivity contribution in [2.24, 2.45) is 0 Å². The molecular weight excluding hydrogens is 563 g/mol. The average Bonchev–Trinajstić information content (AvgIpc) is 3.66. The zero-order valence-electron chi connectivity index (χ0n) is 20.1. The largest absolute Gasteiger partial charge is 0.385 e. The molecule has 1 atom stereocenters. The minimum Gasteiger partial charge on any atom is -0.385 e. The Hall–Kier alpha value is -3.81. The molecular formula is C24H19Cl2F4N8O+. The summed E-state index contributed by atoms with van der Waals surface area (Å²) in [5, 5.41) is 14.3. The van der Waals surface area contributed by atoms with Crippen LogP contribution >= 0.6 is 23.2 Å². The summed E-state index contributed by atoms with van der Waals surface area (Å²) in [5.74, 6) is -1.56. The number of H-pyrrole nitrogens is 1. The maximum absolute atomic E-state index is 15.2. The topological polar surface area (TPSA) is 90.3 Å². The Morgan fingerprint density at radius 2 is 1.87 bits per heavy atom. The molecule has 1 N–H and O–H groups in total. The molecule has 0 unspecified atom stereocenters. The lowest BCUT2D eigenvalue weighted by Crippen LogP contribution is -2.33. The van der Waals surface area contributed by atoms with Crippen LogP contribution in [0.4, 0.5) is 17.6 Å². The monoisotopic (exact) mass is 581 g/mol. The summed E-state index contributed by atoms with van der Waals surface area (Å²) < 4.78 is 64.6. The molecule has 0 aliphatic carbocycles. The number of hydrogen-bond donors (Lipinski definition) is 1. The second kappa shape index (κ2) is 11.1. The molecule has 0 amide bonds. The Kier molecular flexibility index (Phi) is 7.64. The highest BCUT2D eigenvalue weighted by Gasteiger charge is 2.24. The summed E-state index contributed by atoms with van der Waals surface area (Å²) in [6, 6.07) is 5.85. The number of nitrogens with zero attached hydrogens (tertiary/aromatic N) is 7. The highest BCUT2D eigenvalue weighted by Crippen LogP contribution is 2.33. The van der Waals surface area contributed by atoms with Crippen molar-refractivity contribution in [2.75, 3.05) is 13.7 Å². The highest BCUT2D eigenvalue weighted by atomic mass is 35.5. The number of halogens is 6. The van der Waals surface area contributed by atoms with Crippen LogP contribution < -0.4 is 4.68 Å². The van der Waals surface area contributed by atoms with Gasteiger partial charge < -0.3 is 4.74 Å². The van der Waals surface area contributed by atoms with E-state index in [0.29, 0.717) is 30.0 Å². The van der Waals surface area contributed by atoms with Gasteiger partial charge in [0.05, 0.1) is 39.8 Å². The van der Waals surface area contributed by atoms with Crippen molar-refractivity contribution in [1.82, 2.24) is 34.9 Å². The Morgan fingerprint density at radius 1 is 1.05 bits per heavy atom. The van der Waals surface area contributed by atoms with E-state index in [1.54, 1.807) is 18.2 Å². The fourth-order valence-electron chi connectivity index (χ4n) is 4.19. The number of pyridine rings is 1. The smallest absolute Gasteiger partial charge is 0.333 e. The molecule has 1 aromatic carbocycles. The van der Waals surface area contributed by atoms with Crippen LogP contribution in [0, 0.1) is 11.6 Å². The van der Waals surface area contributed by atoms with Crippen LogP contribution in [-0.4, -0.2) is 48.6 Å². The number of nitrogens with one attached hydrogen (secondary N) is 1. The molecule has 5 aromatic rings. The van der Waals surface area contributed by atoms with Gasteiger partial charge in [-0.3, -0.25) is 9.67 Å². The van der Waals surface area contributed by atoms with Gasteiger partial charge in [-0.25, -0.2) is 13.5 Å². The van der Waals surface area contributed by atoms with Crippen LogP contribution in [0.15, 0.2) is 55.2 Å². The first-order valence-electron chi connectivity index (χ1n) is 11.4. The Bertz CT molecular complexity index is 1600. The number of methoxy groups -OCH3 is 1. The maximum atomic E-state index is 15.2. The molecule has 9 nitrogen and oxygen atoms in total. The van der Waals surface area contributed by atoms with Crippen LogP contribution in [0.25, 0.3) is 28.1 Å². The number of alkyl halides is 2. The molecule has 0 radical (unpaired) electrons. The lowest BCUT2D eigenvalue weighted by atomic mass is 10.0. The number of rotatable bonds is 9. The highest BCUT2D eigenvalue weighted by molar-refractivity contribution is 6.31. The van der Waals surface area contributed by atoms with Crippen molar-refractivity contribution in [3.8, 4) is 28.1 Å². The van der Waals surface area contributed by atoms with Crippen LogP contribution in [0.1, 0.15) is 24.7 Å². The first-order chi connectivity index (χ1) is 18.8. The van der Waals surface area contributed by atoms with E-state index in [0.717, 1.165) is 6.20 Å². The van der Waals surface area contributed by atoms with E-state index in [4.69, 9.17) is 27.9 Å². The average molecular weight is 582 g/mol. The van der Waals surface area contributed by atoms with Gasteiger partial charge in [-0.15, -0.1) is 4.68 Å². The molecule has 4 heterocycles. The number of benzene rings is 1. The lowest BCUT2D eigenvalue weighted by Gasteiger charge is -2.17. The molecule has 0 saturated carbocycles. The molecule has 0 aliphatic heterocycles. The summed E-state index contributed by atoms with van der Waals surface area (Å²) in [6.45, 7) is -2.71. The van der Waals surface area contributed by atoms with Gasteiger partial charge in [-0.05, 0) is 36.2 Å². The van der Waals surface area contributed by atoms with Gasteiger partial charge in [0.2, 0.25) is 0 Å². The zero-order chi connectivity index (χ0) is 27.7. The molecule has 0 spiro atoms. The first-order valence-corrected chi connectivity index (χ1v) is 12.2. The maximum Gasteiger partial charge on any atom is 0.333 e. The van der Waals surface area contributed by atoms with Crippen molar-refractivity contribution >= 4 is 23.2 Å². The number of hydrogen-bond acceptors (Lipinski definition) is 5. The lowest BCUT2D eigenvalue weighted by molar-refractivity contribution is -0.659. The summed E-state index contributed by atoms with van der Waals surface area (Å²) in [5.41, 5.74) is 1.24. The van der Waals surface area contributed by atoms with E-state index >= 15 is 4.39 Å². The number of aromatic amines is 1. The van der Waals surface area contributed by atoms with E-state index in [-0.39, 0.29) is 31.7 Å². The normalized spacial score (nSPS) is 12.4. The third kappa shape index (κ3) is 5.24. The van der Waals surface area contributed by atoms with Crippen LogP contribution in [0.3, 0.4) is 0 Å². The van der Waals surface area contributed by atoms with E-state index < -0.39 is 24.2 Å². The minimum atomic E-state index is -3.03. The Morgan fingerprint density at radius 3 is 2.54 bits per heavy atom. The summed E-state index contributed by atoms with van der Waals surface area (Å²) in [4.78, 5) is 4.53. The molecule has 202 valence electrons. The minimum absolute atomic E-state index is 0.0821. The Balaban J connectivity index is 1.52. The van der Waals surface area contributed by atoms with E-state index in [1.165, 1.54) is 47.3 Å². The van der Waals surface area contributed by atoms with Crippen LogP contribution in [0.2, 0.25) is 10.2 Å². The fraction of sp³-hybridized carbons (Fsp3) is 0.208. The summed E-state index contributed by atoms with van der Waals surface area (Å²) in [7, 11) is 1.53. The van der Waals surface area contributed by atoms with Gasteiger partial charge in [0, 0.05) is 37.2 Å². The number of aromatic nitrogens is 8. The van der Waals surface area contributed by atoms with Gasteiger partial charge in [0.25, 0.3) is 0 Å². The van der Waals surface area contributed by atoms with Crippen LogP contribution in [-0.2, 0) is 4.74 Å². The van der Waals surface area contributed by atoms with Gasteiger partial charge >= 0.3 is 11.7 Å². The predicted molar refractivity (Wildman–Crippen MR) is 133 cm³/mol. The third-order valence-corrected chi connectivity index (χ3v) is 6.45. The Labute approximate surface area is 228 Å². The predicted octanol–water partition coefficient (Wildman–Crippen LogP) is 5.41. The van der Waals surface area contributed by atoms with Crippen molar-refractivity contribution in [2.45, 2.75) is 19.0 Å². The van der Waals surface area contributed by atoms with Crippen molar-refractivity contribution in [3.63, 3.8) is 0 Å². The molecule has 4 aromatic heterocycles. The molecule has 15 heteroatoms. The molecule has 0 aliphatic rings. The molecule has 39 heavy (non-hydrogen) atoms. The van der Waals surface area contributed by atoms with Crippen molar-refractivity contribution < 1.29 is 27.0 Å². The van der Waals surface area contributed by atoms with Crippen LogP contribution in [0.5, 0.6) is 0 Å². The van der Waals surface area contributed by atoms with E-state index in [9.17, 15) is 13.2 Å². The second-order valence-electron chi connectivity index (χ2n) is 8.33. The molecule has 0 saturated heterocycles. The first kappa shape index (κ1) is 26.8. The van der Waals surface area contributed by atoms with Crippen molar-refractivity contribution in [3.05, 3.63) is 82.8 Å². The van der Waals surface area contributed by atoms with Gasteiger partial charge in [-0.2, -0.15) is 19.0 Å². The standard InChI is InChI=1S/C24H18Cl2F4N8O/c1-39-7-6-18(36-11-14(9-32-36)23-16(27)10-33-38(23)24(29)30)17-4-2-13(8-31-17)21-19(5-3-15(25)22(21)28)37-12-20(26)34-35-37/h2-5,8-12,18,24H,6-7H2,1H3/p+1/t18-/m0/s1. The zero-order valence-corrected chi connectivity index (χ0v) is 21.6. The second-order valence-corrected chi connectivity index (χ2v) is 9.12.